The molecule has 0 aliphatic carbocycles. The van der Waals surface area contributed by atoms with Gasteiger partial charge in [-0.3, -0.25) is 14.5 Å². The molecule has 1 heterocycles. The van der Waals surface area contributed by atoms with Crippen molar-refractivity contribution >= 4 is 17.5 Å². The number of imide groups is 1. The lowest BCUT2D eigenvalue weighted by Crippen LogP contribution is -2.31. The molecule has 0 aromatic heterocycles. The van der Waals surface area contributed by atoms with Crippen LogP contribution in [0.4, 0.5) is 5.69 Å². The van der Waals surface area contributed by atoms with Gasteiger partial charge in [-0.2, -0.15) is 0 Å². The van der Waals surface area contributed by atoms with Gasteiger partial charge >= 0.3 is 0 Å². The summed E-state index contributed by atoms with van der Waals surface area (Å²) in [5.74, 6) is -0.730. The zero-order valence-electron chi connectivity index (χ0n) is 12.5. The molecule has 0 spiro atoms. The number of anilines is 1. The molecule has 1 aromatic rings. The van der Waals surface area contributed by atoms with Gasteiger partial charge in [0.25, 0.3) is 0 Å². The minimum atomic E-state index is -0.248. The Hall–Kier alpha value is -1.68. The van der Waals surface area contributed by atoms with E-state index in [4.69, 9.17) is 5.73 Å². The zero-order chi connectivity index (χ0) is 15.1. The quantitative estimate of drug-likeness (QED) is 0.858. The lowest BCUT2D eigenvalue weighted by molar-refractivity contribution is -0.122. The normalized spacial score (nSPS) is 23.6. The number of nitrogens with zero attached hydrogens (tertiary/aromatic N) is 1. The summed E-state index contributed by atoms with van der Waals surface area (Å²) in [6, 6.07) is 7.54. The van der Waals surface area contributed by atoms with Crippen LogP contribution in [-0.2, 0) is 15.0 Å². The third kappa shape index (κ3) is 2.24. The van der Waals surface area contributed by atoms with Gasteiger partial charge in [-0.1, -0.05) is 39.8 Å². The van der Waals surface area contributed by atoms with Crippen LogP contribution in [-0.4, -0.2) is 18.4 Å². The number of carbonyl (C=O) groups is 2. The van der Waals surface area contributed by atoms with Gasteiger partial charge in [0.1, 0.15) is 0 Å². The van der Waals surface area contributed by atoms with Crippen LogP contribution >= 0.6 is 0 Å². The molecule has 4 nitrogen and oxygen atoms in total. The number of hydrogen-bond donors (Lipinski definition) is 1. The molecule has 2 N–H and O–H groups in total. The first-order valence-corrected chi connectivity index (χ1v) is 6.98. The molecule has 0 radical (unpaired) electrons. The third-order valence-corrected chi connectivity index (χ3v) is 4.39. The molecule has 1 aliphatic rings. The van der Waals surface area contributed by atoms with Gasteiger partial charge < -0.3 is 5.73 Å². The van der Waals surface area contributed by atoms with Crippen molar-refractivity contribution in [3.63, 3.8) is 0 Å². The molecule has 0 saturated carbocycles. The maximum absolute atomic E-state index is 12.1. The highest BCUT2D eigenvalue weighted by Crippen LogP contribution is 2.31. The Bertz CT molecular complexity index is 514. The second-order valence-electron chi connectivity index (χ2n) is 6.22. The van der Waals surface area contributed by atoms with Crippen molar-refractivity contribution in [3.8, 4) is 0 Å². The predicted molar refractivity (Wildman–Crippen MR) is 79.3 cm³/mol. The summed E-state index contributed by atoms with van der Waals surface area (Å²) in [4.78, 5) is 25.6. The number of hydrogen-bond acceptors (Lipinski definition) is 3. The molecule has 1 fully saturated rings. The number of benzene rings is 1. The van der Waals surface area contributed by atoms with Crippen LogP contribution in [0.5, 0.6) is 0 Å². The monoisotopic (exact) mass is 274 g/mol. The van der Waals surface area contributed by atoms with Crippen LogP contribution in [0.3, 0.4) is 0 Å². The molecular formula is C16H22N2O2. The average molecular weight is 274 g/mol. The first-order valence-electron chi connectivity index (χ1n) is 6.98. The van der Waals surface area contributed by atoms with Crippen LogP contribution in [0.25, 0.3) is 0 Å². The first-order chi connectivity index (χ1) is 9.29. The highest BCUT2D eigenvalue weighted by atomic mass is 16.2. The number of amides is 2. The van der Waals surface area contributed by atoms with Gasteiger partial charge in [0.15, 0.2) is 0 Å². The second kappa shape index (κ2) is 5.02. The standard InChI is InChI=1S/C16H22N2O2/c1-10-11(2)15(20)18(14(10)19)13-7-5-12(6-8-13)16(3,4)9-17/h5-8,10-11H,9,17H2,1-4H3. The number of rotatable bonds is 3. The minimum Gasteiger partial charge on any atom is -0.330 e. The van der Waals surface area contributed by atoms with Gasteiger partial charge in [0, 0.05) is 23.8 Å². The van der Waals surface area contributed by atoms with Gasteiger partial charge in [-0.05, 0) is 17.7 Å². The molecule has 2 amide bonds. The van der Waals surface area contributed by atoms with E-state index in [9.17, 15) is 9.59 Å². The predicted octanol–water partition coefficient (Wildman–Crippen LogP) is 2.07. The summed E-state index contributed by atoms with van der Waals surface area (Å²) in [6.07, 6.45) is 0. The third-order valence-electron chi connectivity index (χ3n) is 4.39. The molecular weight excluding hydrogens is 252 g/mol. The van der Waals surface area contributed by atoms with Crippen molar-refractivity contribution in [1.29, 1.82) is 0 Å². The highest BCUT2D eigenvalue weighted by Gasteiger charge is 2.43. The van der Waals surface area contributed by atoms with Gasteiger partial charge in [0.05, 0.1) is 5.69 Å². The summed E-state index contributed by atoms with van der Waals surface area (Å²) in [6.45, 7) is 8.28. The van der Waals surface area contributed by atoms with E-state index in [1.165, 1.54) is 4.90 Å². The molecule has 1 saturated heterocycles. The van der Waals surface area contributed by atoms with E-state index in [2.05, 4.69) is 13.8 Å². The highest BCUT2D eigenvalue weighted by molar-refractivity contribution is 6.21. The summed E-state index contributed by atoms with van der Waals surface area (Å²) in [7, 11) is 0. The number of nitrogens with two attached hydrogens (primary N) is 1. The summed E-state index contributed by atoms with van der Waals surface area (Å²) in [5, 5.41) is 0. The van der Waals surface area contributed by atoms with Crippen molar-refractivity contribution < 1.29 is 9.59 Å². The largest absolute Gasteiger partial charge is 0.330 e. The van der Waals surface area contributed by atoms with E-state index in [0.717, 1.165) is 5.56 Å². The fraction of sp³-hybridized carbons (Fsp3) is 0.500. The maximum atomic E-state index is 12.1. The fourth-order valence-corrected chi connectivity index (χ4v) is 2.38. The van der Waals surface area contributed by atoms with E-state index in [1.54, 1.807) is 13.8 Å². The maximum Gasteiger partial charge on any atom is 0.237 e. The van der Waals surface area contributed by atoms with Gasteiger partial charge in [-0.15, -0.1) is 0 Å². The molecule has 2 unspecified atom stereocenters. The summed E-state index contributed by atoms with van der Waals surface area (Å²) < 4.78 is 0. The lowest BCUT2D eigenvalue weighted by atomic mass is 9.85. The topological polar surface area (TPSA) is 63.4 Å². The molecule has 108 valence electrons. The first kappa shape index (κ1) is 14.7. The van der Waals surface area contributed by atoms with Crippen molar-refractivity contribution in [2.24, 2.45) is 17.6 Å². The van der Waals surface area contributed by atoms with Gasteiger partial charge in [0.2, 0.25) is 11.8 Å². The zero-order valence-corrected chi connectivity index (χ0v) is 12.5. The molecule has 1 aliphatic heterocycles. The Morgan fingerprint density at radius 3 is 1.90 bits per heavy atom. The van der Waals surface area contributed by atoms with Crippen LogP contribution in [0, 0.1) is 11.8 Å². The Morgan fingerprint density at radius 2 is 1.50 bits per heavy atom. The van der Waals surface area contributed by atoms with Crippen LogP contribution in [0.15, 0.2) is 24.3 Å². The Balaban J connectivity index is 2.32. The minimum absolute atomic E-state index is 0.113. The van der Waals surface area contributed by atoms with E-state index >= 15 is 0 Å². The van der Waals surface area contributed by atoms with Crippen LogP contribution in [0.2, 0.25) is 0 Å². The van der Waals surface area contributed by atoms with Crippen LogP contribution < -0.4 is 10.6 Å². The van der Waals surface area contributed by atoms with Crippen molar-refractivity contribution in [1.82, 2.24) is 0 Å². The molecule has 1 aromatic carbocycles. The second-order valence-corrected chi connectivity index (χ2v) is 6.22. The lowest BCUT2D eigenvalue weighted by Gasteiger charge is -2.24. The smallest absolute Gasteiger partial charge is 0.237 e. The van der Waals surface area contributed by atoms with Gasteiger partial charge in [-0.25, -0.2) is 0 Å². The van der Waals surface area contributed by atoms with Crippen molar-refractivity contribution in [3.05, 3.63) is 29.8 Å². The summed E-state index contributed by atoms with van der Waals surface area (Å²) in [5.41, 5.74) is 7.39. The summed E-state index contributed by atoms with van der Waals surface area (Å²) >= 11 is 0. The van der Waals surface area contributed by atoms with E-state index in [1.807, 2.05) is 24.3 Å². The van der Waals surface area contributed by atoms with E-state index in [0.29, 0.717) is 12.2 Å². The molecule has 2 atom stereocenters. The Kier molecular flexibility index (Phi) is 3.69. The SMILES string of the molecule is CC1C(=O)N(c2ccc(C(C)(C)CN)cc2)C(=O)C1C. The van der Waals surface area contributed by atoms with E-state index in [-0.39, 0.29) is 29.1 Å². The van der Waals surface area contributed by atoms with Crippen molar-refractivity contribution in [2.45, 2.75) is 33.1 Å². The Labute approximate surface area is 119 Å². The molecule has 20 heavy (non-hydrogen) atoms. The van der Waals surface area contributed by atoms with E-state index < -0.39 is 0 Å². The fourth-order valence-electron chi connectivity index (χ4n) is 2.38. The average Bonchev–Trinajstić information content (AvgIpc) is 2.63. The number of carbonyl (C=O) groups excluding carboxylic acids is 2. The molecule has 4 heteroatoms. The van der Waals surface area contributed by atoms with Crippen molar-refractivity contribution in [2.75, 3.05) is 11.4 Å². The molecule has 2 rings (SSSR count). The van der Waals surface area contributed by atoms with Crippen LogP contribution in [0.1, 0.15) is 33.3 Å². The Morgan fingerprint density at radius 1 is 1.05 bits per heavy atom. The molecule has 0 bridgehead atoms.